The first-order chi connectivity index (χ1) is 18.7. The van der Waals surface area contributed by atoms with E-state index in [9.17, 15) is 19.5 Å². The number of amides is 3. The summed E-state index contributed by atoms with van der Waals surface area (Å²) in [7, 11) is 0. The van der Waals surface area contributed by atoms with Crippen LogP contribution in [-0.2, 0) is 27.3 Å². The Morgan fingerprint density at radius 3 is 2.49 bits per heavy atom. The number of carbonyl (C=O) groups is 3. The molecule has 8 heteroatoms. The third-order valence-corrected chi connectivity index (χ3v) is 9.00. The largest absolute Gasteiger partial charge is 0.381 e. The fraction of sp³-hybridized carbons (Fsp3) is 0.452. The Labute approximate surface area is 235 Å². The molecule has 0 saturated carbocycles. The lowest BCUT2D eigenvalue weighted by atomic mass is 9.95. The van der Waals surface area contributed by atoms with Crippen LogP contribution in [0.1, 0.15) is 56.2 Å². The average molecular weight is 550 g/mol. The van der Waals surface area contributed by atoms with Crippen LogP contribution in [0.4, 0.5) is 0 Å². The number of aliphatic hydroxyl groups excluding tert-OH is 1. The summed E-state index contributed by atoms with van der Waals surface area (Å²) in [6.07, 6.45) is 4.29. The number of aliphatic hydroxyl groups is 1. The molecule has 4 rings (SSSR count). The molecule has 3 amide bonds. The highest BCUT2D eigenvalue weighted by atomic mass is 32.2. The summed E-state index contributed by atoms with van der Waals surface area (Å²) in [6.45, 7) is 6.23. The minimum atomic E-state index is -1.50. The maximum atomic E-state index is 13.8. The first kappa shape index (κ1) is 28.9. The molecule has 3 atom stereocenters. The molecule has 0 spiro atoms. The van der Waals surface area contributed by atoms with E-state index in [0.29, 0.717) is 25.0 Å². The van der Waals surface area contributed by atoms with Crippen LogP contribution in [0.2, 0.25) is 0 Å². The number of carbonyl (C=O) groups excluding carboxylic acids is 3. The van der Waals surface area contributed by atoms with Gasteiger partial charge >= 0.3 is 0 Å². The van der Waals surface area contributed by atoms with Crippen LogP contribution in [-0.4, -0.2) is 56.5 Å². The molecule has 0 bridgehead atoms. The molecule has 2 aliphatic rings. The molecule has 2 aromatic carbocycles. The fourth-order valence-corrected chi connectivity index (χ4v) is 6.40. The average Bonchev–Trinajstić information content (AvgIpc) is 3.27. The number of aryl methyl sites for hydroxylation is 1. The normalized spacial score (nSPS) is 20.1. The van der Waals surface area contributed by atoms with Crippen LogP contribution in [0.15, 0.2) is 66.2 Å². The van der Waals surface area contributed by atoms with Gasteiger partial charge in [0.1, 0.15) is 6.04 Å². The third kappa shape index (κ3) is 7.11. The Hall–Kier alpha value is -3.10. The van der Waals surface area contributed by atoms with E-state index in [4.69, 9.17) is 0 Å². The molecular weight excluding hydrogens is 510 g/mol. The molecule has 1 aliphatic carbocycles. The molecule has 1 heterocycles. The molecular formula is C31H39N3O4S. The number of hydrogen-bond acceptors (Lipinski definition) is 5. The van der Waals surface area contributed by atoms with Gasteiger partial charge in [-0.25, -0.2) is 0 Å². The molecule has 0 radical (unpaired) electrons. The quantitative estimate of drug-likeness (QED) is 0.441. The van der Waals surface area contributed by atoms with Gasteiger partial charge in [-0.05, 0) is 69.6 Å². The zero-order chi connectivity index (χ0) is 28.0. The fourth-order valence-electron chi connectivity index (χ4n) is 5.26. The van der Waals surface area contributed by atoms with Crippen molar-refractivity contribution < 1.29 is 19.5 Å². The SMILES string of the molecule is Cc1ccccc1CNC(=O)[C@H]1N(C(=O)[C@@H](O)[C@H](Cc2ccccc2)NC(=O)C2=CCCCC2)CSC1(C)C. The van der Waals surface area contributed by atoms with Crippen LogP contribution >= 0.6 is 11.8 Å². The maximum Gasteiger partial charge on any atom is 0.254 e. The zero-order valence-electron chi connectivity index (χ0n) is 23.0. The Bertz CT molecular complexity index is 1210. The second-order valence-electron chi connectivity index (χ2n) is 10.9. The molecule has 7 nitrogen and oxygen atoms in total. The van der Waals surface area contributed by atoms with Crippen molar-refractivity contribution in [3.8, 4) is 0 Å². The summed E-state index contributed by atoms with van der Waals surface area (Å²) < 4.78 is -0.545. The van der Waals surface area contributed by atoms with E-state index in [0.717, 1.165) is 36.0 Å². The molecule has 2 aromatic rings. The monoisotopic (exact) mass is 549 g/mol. The lowest BCUT2D eigenvalue weighted by molar-refractivity contribution is -0.147. The minimum absolute atomic E-state index is 0.244. The molecule has 39 heavy (non-hydrogen) atoms. The van der Waals surface area contributed by atoms with Gasteiger partial charge in [0, 0.05) is 16.9 Å². The second-order valence-corrected chi connectivity index (χ2v) is 12.5. The van der Waals surface area contributed by atoms with Crippen molar-refractivity contribution >= 4 is 29.5 Å². The number of nitrogens with zero attached hydrogens (tertiary/aromatic N) is 1. The van der Waals surface area contributed by atoms with Gasteiger partial charge in [0.25, 0.3) is 5.91 Å². The van der Waals surface area contributed by atoms with Gasteiger partial charge in [0.05, 0.1) is 11.9 Å². The van der Waals surface area contributed by atoms with Gasteiger partial charge in [0.2, 0.25) is 11.8 Å². The third-order valence-electron chi connectivity index (χ3n) is 7.62. The lowest BCUT2D eigenvalue weighted by Crippen LogP contribution is -2.58. The number of allylic oxidation sites excluding steroid dienone is 1. The number of nitrogens with one attached hydrogen (secondary N) is 2. The highest BCUT2D eigenvalue weighted by molar-refractivity contribution is 8.00. The van der Waals surface area contributed by atoms with E-state index >= 15 is 0 Å². The molecule has 0 unspecified atom stereocenters. The Morgan fingerprint density at radius 2 is 1.79 bits per heavy atom. The second kappa shape index (κ2) is 12.8. The topological polar surface area (TPSA) is 98.7 Å². The smallest absolute Gasteiger partial charge is 0.254 e. The molecule has 1 fully saturated rings. The highest BCUT2D eigenvalue weighted by Gasteiger charge is 2.49. The van der Waals surface area contributed by atoms with Crippen molar-refractivity contribution in [2.45, 2.75) is 82.4 Å². The summed E-state index contributed by atoms with van der Waals surface area (Å²) in [5.74, 6) is -0.776. The number of hydrogen-bond donors (Lipinski definition) is 3. The Morgan fingerprint density at radius 1 is 1.08 bits per heavy atom. The molecule has 1 saturated heterocycles. The van der Waals surface area contributed by atoms with Gasteiger partial charge < -0.3 is 20.6 Å². The van der Waals surface area contributed by atoms with Gasteiger partial charge in [-0.3, -0.25) is 14.4 Å². The first-order valence-corrected chi connectivity index (χ1v) is 14.6. The summed E-state index contributed by atoms with van der Waals surface area (Å²) in [6, 6.07) is 15.7. The zero-order valence-corrected chi connectivity index (χ0v) is 23.8. The van der Waals surface area contributed by atoms with Crippen molar-refractivity contribution in [2.75, 3.05) is 5.88 Å². The van der Waals surface area contributed by atoms with Crippen molar-refractivity contribution in [3.63, 3.8) is 0 Å². The number of benzene rings is 2. The van der Waals surface area contributed by atoms with E-state index in [1.165, 1.54) is 16.7 Å². The van der Waals surface area contributed by atoms with E-state index in [1.807, 2.05) is 81.4 Å². The van der Waals surface area contributed by atoms with E-state index < -0.39 is 28.8 Å². The van der Waals surface area contributed by atoms with Crippen LogP contribution in [0.25, 0.3) is 0 Å². The van der Waals surface area contributed by atoms with Crippen LogP contribution in [0.3, 0.4) is 0 Å². The number of rotatable bonds is 9. The maximum absolute atomic E-state index is 13.8. The molecule has 208 valence electrons. The Balaban J connectivity index is 1.52. The predicted molar refractivity (Wildman–Crippen MR) is 155 cm³/mol. The Kier molecular flexibility index (Phi) is 9.51. The summed E-state index contributed by atoms with van der Waals surface area (Å²) in [5.41, 5.74) is 3.69. The highest BCUT2D eigenvalue weighted by Crippen LogP contribution is 2.40. The minimum Gasteiger partial charge on any atom is -0.381 e. The predicted octanol–water partition coefficient (Wildman–Crippen LogP) is 3.88. The summed E-state index contributed by atoms with van der Waals surface area (Å²) >= 11 is 1.50. The van der Waals surface area contributed by atoms with Gasteiger partial charge in [-0.2, -0.15) is 0 Å². The van der Waals surface area contributed by atoms with Crippen molar-refractivity contribution in [1.82, 2.24) is 15.5 Å². The summed E-state index contributed by atoms with van der Waals surface area (Å²) in [5, 5.41) is 17.3. The van der Waals surface area contributed by atoms with Crippen LogP contribution in [0.5, 0.6) is 0 Å². The lowest BCUT2D eigenvalue weighted by Gasteiger charge is -2.33. The van der Waals surface area contributed by atoms with Gasteiger partial charge in [-0.15, -0.1) is 11.8 Å². The van der Waals surface area contributed by atoms with Crippen molar-refractivity contribution in [2.24, 2.45) is 0 Å². The van der Waals surface area contributed by atoms with E-state index in [-0.39, 0.29) is 17.7 Å². The standard InChI is InChI=1S/C31H39N3O4S/c1-21-12-10-11-17-24(21)19-32-29(37)27-31(2,3)39-20-34(27)30(38)26(35)25(18-22-13-6-4-7-14-22)33-28(36)23-15-8-5-9-16-23/h4,6-7,10-15,17,25-27,35H,5,8-9,16,18-20H2,1-3H3,(H,32,37)(H,33,36)/t25-,26-,27+/m0/s1. The van der Waals surface area contributed by atoms with Gasteiger partial charge in [-0.1, -0.05) is 60.7 Å². The van der Waals surface area contributed by atoms with Crippen molar-refractivity contribution in [3.05, 3.63) is 82.9 Å². The van der Waals surface area contributed by atoms with E-state index in [1.54, 1.807) is 0 Å². The molecule has 3 N–H and O–H groups in total. The van der Waals surface area contributed by atoms with Crippen LogP contribution < -0.4 is 10.6 Å². The van der Waals surface area contributed by atoms with E-state index in [2.05, 4.69) is 10.6 Å². The summed E-state index contributed by atoms with van der Waals surface area (Å²) in [4.78, 5) is 41.8. The van der Waals surface area contributed by atoms with Gasteiger partial charge in [0.15, 0.2) is 6.10 Å². The number of thioether (sulfide) groups is 1. The molecule has 0 aromatic heterocycles. The first-order valence-electron chi connectivity index (χ1n) is 13.7. The van der Waals surface area contributed by atoms with Crippen LogP contribution in [0, 0.1) is 6.92 Å². The molecule has 1 aliphatic heterocycles. The van der Waals surface area contributed by atoms with Crippen molar-refractivity contribution in [1.29, 1.82) is 0 Å².